The van der Waals surface area contributed by atoms with Crippen molar-refractivity contribution < 1.29 is 9.53 Å². The number of hydrogen-bond donors (Lipinski definition) is 1. The van der Waals surface area contributed by atoms with Crippen LogP contribution in [0.3, 0.4) is 0 Å². The van der Waals surface area contributed by atoms with Gasteiger partial charge in [-0.1, -0.05) is 0 Å². The molecule has 1 heterocycles. The Morgan fingerprint density at radius 1 is 1.69 bits per heavy atom. The van der Waals surface area contributed by atoms with Crippen molar-refractivity contribution >= 4 is 5.91 Å². The first-order chi connectivity index (χ1) is 6.27. The molecular weight excluding hydrogens is 168 g/mol. The molecule has 0 bridgehead atoms. The van der Waals surface area contributed by atoms with E-state index < -0.39 is 0 Å². The van der Waals surface area contributed by atoms with E-state index in [1.807, 2.05) is 4.90 Å². The van der Waals surface area contributed by atoms with Gasteiger partial charge in [-0.15, -0.1) is 0 Å². The zero-order valence-electron chi connectivity index (χ0n) is 8.16. The van der Waals surface area contributed by atoms with Crippen LogP contribution in [0.5, 0.6) is 0 Å². The van der Waals surface area contributed by atoms with Crippen LogP contribution < -0.4 is 5.73 Å². The molecule has 0 aliphatic carbocycles. The Hall–Kier alpha value is -0.610. The molecule has 0 aromatic heterocycles. The Bertz CT molecular complexity index is 173. The second kappa shape index (κ2) is 5.19. The van der Waals surface area contributed by atoms with E-state index in [2.05, 4.69) is 0 Å². The molecule has 2 N–H and O–H groups in total. The van der Waals surface area contributed by atoms with Crippen molar-refractivity contribution in [3.63, 3.8) is 0 Å². The summed E-state index contributed by atoms with van der Waals surface area (Å²) in [5.41, 5.74) is 5.32. The fourth-order valence-corrected chi connectivity index (χ4v) is 1.64. The van der Waals surface area contributed by atoms with Crippen molar-refractivity contribution in [3.05, 3.63) is 0 Å². The maximum atomic E-state index is 11.4. The molecular formula is C9H18N2O2. The fourth-order valence-electron chi connectivity index (χ4n) is 1.64. The summed E-state index contributed by atoms with van der Waals surface area (Å²) >= 11 is 0. The molecule has 1 fully saturated rings. The molecule has 13 heavy (non-hydrogen) atoms. The van der Waals surface area contributed by atoms with Crippen LogP contribution in [0.1, 0.15) is 19.3 Å². The van der Waals surface area contributed by atoms with Crippen LogP contribution in [0, 0.1) is 0 Å². The number of methoxy groups -OCH3 is 1. The van der Waals surface area contributed by atoms with E-state index in [1.165, 1.54) is 0 Å². The Balaban J connectivity index is 2.37. The lowest BCUT2D eigenvalue weighted by atomic mass is 10.1. The predicted molar refractivity (Wildman–Crippen MR) is 50.3 cm³/mol. The zero-order chi connectivity index (χ0) is 9.68. The molecule has 0 radical (unpaired) electrons. The summed E-state index contributed by atoms with van der Waals surface area (Å²) in [6, 6.07) is 0. The minimum Gasteiger partial charge on any atom is -0.380 e. The number of ether oxygens (including phenoxy) is 1. The molecule has 1 amide bonds. The van der Waals surface area contributed by atoms with Gasteiger partial charge in [-0.05, 0) is 12.8 Å². The van der Waals surface area contributed by atoms with Gasteiger partial charge in [0, 0.05) is 33.2 Å². The number of amides is 1. The van der Waals surface area contributed by atoms with Gasteiger partial charge >= 0.3 is 0 Å². The first-order valence-electron chi connectivity index (χ1n) is 4.78. The van der Waals surface area contributed by atoms with E-state index in [0.29, 0.717) is 13.0 Å². The fraction of sp³-hybridized carbons (Fsp3) is 0.889. The Morgan fingerprint density at radius 3 is 3.08 bits per heavy atom. The monoisotopic (exact) mass is 186 g/mol. The van der Waals surface area contributed by atoms with Gasteiger partial charge in [0.2, 0.25) is 5.91 Å². The lowest BCUT2D eigenvalue weighted by Gasteiger charge is -2.31. The summed E-state index contributed by atoms with van der Waals surface area (Å²) in [5, 5.41) is 0. The summed E-state index contributed by atoms with van der Waals surface area (Å²) in [6.07, 6.45) is 2.77. The van der Waals surface area contributed by atoms with Gasteiger partial charge in [-0.25, -0.2) is 0 Å². The van der Waals surface area contributed by atoms with E-state index in [1.54, 1.807) is 7.11 Å². The molecule has 1 rings (SSSR count). The van der Waals surface area contributed by atoms with Crippen molar-refractivity contribution in [3.8, 4) is 0 Å². The van der Waals surface area contributed by atoms with E-state index in [9.17, 15) is 4.79 Å². The SMILES string of the molecule is COC1CCCN(C(=O)CCN)C1. The zero-order valence-corrected chi connectivity index (χ0v) is 8.16. The quantitative estimate of drug-likeness (QED) is 0.673. The average Bonchev–Trinajstić information content (AvgIpc) is 2.18. The third-order valence-corrected chi connectivity index (χ3v) is 2.42. The number of rotatable bonds is 3. The summed E-state index contributed by atoms with van der Waals surface area (Å²) < 4.78 is 5.22. The van der Waals surface area contributed by atoms with Crippen molar-refractivity contribution in [2.75, 3.05) is 26.7 Å². The largest absolute Gasteiger partial charge is 0.380 e. The molecule has 1 saturated heterocycles. The average molecular weight is 186 g/mol. The maximum absolute atomic E-state index is 11.4. The first kappa shape index (κ1) is 10.5. The van der Waals surface area contributed by atoms with Crippen molar-refractivity contribution in [2.24, 2.45) is 5.73 Å². The van der Waals surface area contributed by atoms with Gasteiger partial charge < -0.3 is 15.4 Å². The lowest BCUT2D eigenvalue weighted by Crippen LogP contribution is -2.43. The van der Waals surface area contributed by atoms with Gasteiger partial charge in [-0.3, -0.25) is 4.79 Å². The summed E-state index contributed by atoms with van der Waals surface area (Å²) in [5.74, 6) is 0.157. The minimum absolute atomic E-state index is 0.157. The Kier molecular flexibility index (Phi) is 4.18. The van der Waals surface area contributed by atoms with Crippen molar-refractivity contribution in [1.29, 1.82) is 0 Å². The molecule has 4 heteroatoms. The van der Waals surface area contributed by atoms with Crippen LogP contribution >= 0.6 is 0 Å². The molecule has 0 saturated carbocycles. The number of piperidine rings is 1. The van der Waals surface area contributed by atoms with Crippen LogP contribution in [0.2, 0.25) is 0 Å². The highest BCUT2D eigenvalue weighted by Crippen LogP contribution is 2.12. The number of nitrogens with zero attached hydrogens (tertiary/aromatic N) is 1. The molecule has 0 spiro atoms. The molecule has 0 aromatic carbocycles. The number of carbonyl (C=O) groups excluding carboxylic acids is 1. The summed E-state index contributed by atoms with van der Waals surface area (Å²) in [7, 11) is 1.70. The van der Waals surface area contributed by atoms with Gasteiger partial charge in [-0.2, -0.15) is 0 Å². The molecule has 1 aliphatic rings. The van der Waals surface area contributed by atoms with E-state index in [0.717, 1.165) is 25.9 Å². The van der Waals surface area contributed by atoms with Crippen LogP contribution in [0.4, 0.5) is 0 Å². The first-order valence-corrected chi connectivity index (χ1v) is 4.78. The third kappa shape index (κ3) is 2.97. The predicted octanol–water partition coefficient (Wildman–Crippen LogP) is -0.0274. The molecule has 1 atom stereocenters. The summed E-state index contributed by atoms with van der Waals surface area (Å²) in [6.45, 7) is 2.03. The highest BCUT2D eigenvalue weighted by Gasteiger charge is 2.22. The Labute approximate surface area is 79.0 Å². The molecule has 0 aromatic rings. The maximum Gasteiger partial charge on any atom is 0.223 e. The van der Waals surface area contributed by atoms with Crippen LogP contribution in [-0.2, 0) is 9.53 Å². The number of carbonyl (C=O) groups is 1. The second-order valence-corrected chi connectivity index (χ2v) is 3.38. The van der Waals surface area contributed by atoms with E-state index in [4.69, 9.17) is 10.5 Å². The highest BCUT2D eigenvalue weighted by molar-refractivity contribution is 5.76. The van der Waals surface area contributed by atoms with Crippen LogP contribution in [0.25, 0.3) is 0 Å². The number of likely N-dealkylation sites (tertiary alicyclic amines) is 1. The van der Waals surface area contributed by atoms with Gasteiger partial charge in [0.15, 0.2) is 0 Å². The van der Waals surface area contributed by atoms with Crippen LogP contribution in [-0.4, -0.2) is 43.7 Å². The van der Waals surface area contributed by atoms with E-state index in [-0.39, 0.29) is 12.0 Å². The Morgan fingerprint density at radius 2 is 2.46 bits per heavy atom. The third-order valence-electron chi connectivity index (χ3n) is 2.42. The van der Waals surface area contributed by atoms with Crippen molar-refractivity contribution in [1.82, 2.24) is 4.90 Å². The smallest absolute Gasteiger partial charge is 0.223 e. The number of hydrogen-bond acceptors (Lipinski definition) is 3. The van der Waals surface area contributed by atoms with Crippen LogP contribution in [0.15, 0.2) is 0 Å². The molecule has 1 aliphatic heterocycles. The van der Waals surface area contributed by atoms with Gasteiger partial charge in [0.05, 0.1) is 6.10 Å². The summed E-state index contributed by atoms with van der Waals surface area (Å²) in [4.78, 5) is 13.3. The topological polar surface area (TPSA) is 55.6 Å². The standard InChI is InChI=1S/C9H18N2O2/c1-13-8-3-2-6-11(7-8)9(12)4-5-10/h8H,2-7,10H2,1H3. The van der Waals surface area contributed by atoms with Crippen molar-refractivity contribution in [2.45, 2.75) is 25.4 Å². The second-order valence-electron chi connectivity index (χ2n) is 3.38. The highest BCUT2D eigenvalue weighted by atomic mass is 16.5. The molecule has 76 valence electrons. The van der Waals surface area contributed by atoms with E-state index >= 15 is 0 Å². The van der Waals surface area contributed by atoms with Gasteiger partial charge in [0.25, 0.3) is 0 Å². The lowest BCUT2D eigenvalue weighted by molar-refractivity contribution is -0.134. The van der Waals surface area contributed by atoms with Gasteiger partial charge in [0.1, 0.15) is 0 Å². The normalized spacial score (nSPS) is 23.2. The minimum atomic E-state index is 0.157. The number of nitrogens with two attached hydrogens (primary N) is 1. The molecule has 4 nitrogen and oxygen atoms in total. The molecule has 1 unspecified atom stereocenters.